The molecule has 22 heavy (non-hydrogen) atoms. The summed E-state index contributed by atoms with van der Waals surface area (Å²) in [6, 6.07) is 11.3. The largest absolute Gasteiger partial charge is 0.496 e. The number of nitrogens with zero attached hydrogens (tertiary/aromatic N) is 1. The Labute approximate surface area is 129 Å². The topological polar surface area (TPSA) is 49.3 Å². The Morgan fingerprint density at radius 3 is 2.68 bits per heavy atom. The standard InChI is InChI=1S/C17H17NO4/c1-3-20-14-7-5-4-6-13(14)18-10-12-8-16-17(22-11-21-16)9-15(12)19-2/h4-10H,3,11H2,1-2H3. The van der Waals surface area contributed by atoms with Gasteiger partial charge in [0.25, 0.3) is 0 Å². The van der Waals surface area contributed by atoms with Gasteiger partial charge in [-0.3, -0.25) is 4.99 Å². The molecular formula is C17H17NO4. The lowest BCUT2D eigenvalue weighted by atomic mass is 10.2. The van der Waals surface area contributed by atoms with Crippen LogP contribution in [0.4, 0.5) is 5.69 Å². The lowest BCUT2D eigenvalue weighted by Gasteiger charge is -2.07. The third kappa shape index (κ3) is 2.83. The highest BCUT2D eigenvalue weighted by molar-refractivity contribution is 5.87. The summed E-state index contributed by atoms with van der Waals surface area (Å²) in [5, 5.41) is 0. The van der Waals surface area contributed by atoms with Crippen LogP contribution >= 0.6 is 0 Å². The average molecular weight is 299 g/mol. The number of hydrogen-bond acceptors (Lipinski definition) is 5. The lowest BCUT2D eigenvalue weighted by Crippen LogP contribution is -1.93. The first-order chi connectivity index (χ1) is 10.8. The predicted octanol–water partition coefficient (Wildman–Crippen LogP) is 3.57. The van der Waals surface area contributed by atoms with E-state index in [1.807, 2.05) is 37.3 Å². The minimum Gasteiger partial charge on any atom is -0.496 e. The highest BCUT2D eigenvalue weighted by Crippen LogP contribution is 2.37. The molecule has 0 saturated heterocycles. The molecule has 1 aliphatic rings. The Kier molecular flexibility index (Phi) is 4.14. The van der Waals surface area contributed by atoms with Gasteiger partial charge >= 0.3 is 0 Å². The second kappa shape index (κ2) is 6.39. The maximum absolute atomic E-state index is 5.57. The molecule has 0 spiro atoms. The smallest absolute Gasteiger partial charge is 0.231 e. The maximum Gasteiger partial charge on any atom is 0.231 e. The second-order valence-electron chi connectivity index (χ2n) is 4.61. The molecule has 1 aliphatic heterocycles. The SMILES string of the molecule is CCOc1ccccc1N=Cc1cc2c(cc1OC)OCO2. The van der Waals surface area contributed by atoms with Crippen molar-refractivity contribution in [2.24, 2.45) is 4.99 Å². The zero-order chi connectivity index (χ0) is 15.4. The number of ether oxygens (including phenoxy) is 4. The fraction of sp³-hybridized carbons (Fsp3) is 0.235. The van der Waals surface area contributed by atoms with Gasteiger partial charge in [0.15, 0.2) is 11.5 Å². The van der Waals surface area contributed by atoms with Crippen LogP contribution in [0, 0.1) is 0 Å². The zero-order valence-corrected chi connectivity index (χ0v) is 12.5. The quantitative estimate of drug-likeness (QED) is 0.792. The molecule has 0 N–H and O–H groups in total. The van der Waals surface area contributed by atoms with Crippen molar-refractivity contribution >= 4 is 11.9 Å². The van der Waals surface area contributed by atoms with E-state index in [2.05, 4.69) is 4.99 Å². The molecule has 0 unspecified atom stereocenters. The fourth-order valence-electron chi connectivity index (χ4n) is 2.20. The van der Waals surface area contributed by atoms with E-state index in [1.54, 1.807) is 19.4 Å². The lowest BCUT2D eigenvalue weighted by molar-refractivity contribution is 0.174. The van der Waals surface area contributed by atoms with E-state index >= 15 is 0 Å². The average Bonchev–Trinajstić information content (AvgIpc) is 3.00. The minimum atomic E-state index is 0.228. The summed E-state index contributed by atoms with van der Waals surface area (Å²) >= 11 is 0. The molecule has 0 aliphatic carbocycles. The normalized spacial score (nSPS) is 12.6. The predicted molar refractivity (Wildman–Crippen MR) is 84.0 cm³/mol. The molecule has 3 rings (SSSR count). The highest BCUT2D eigenvalue weighted by atomic mass is 16.7. The van der Waals surface area contributed by atoms with Crippen molar-refractivity contribution in [1.29, 1.82) is 0 Å². The van der Waals surface area contributed by atoms with Crippen LogP contribution in [0.15, 0.2) is 41.4 Å². The number of hydrogen-bond donors (Lipinski definition) is 0. The van der Waals surface area contributed by atoms with Crippen LogP contribution in [0.5, 0.6) is 23.0 Å². The van der Waals surface area contributed by atoms with E-state index in [1.165, 1.54) is 0 Å². The summed E-state index contributed by atoms with van der Waals surface area (Å²) in [6.07, 6.45) is 1.73. The molecule has 0 bridgehead atoms. The molecule has 5 heteroatoms. The van der Waals surface area contributed by atoms with Gasteiger partial charge in [0, 0.05) is 17.8 Å². The number of aliphatic imine (C=N–C) groups is 1. The summed E-state index contributed by atoms with van der Waals surface area (Å²) < 4.78 is 21.7. The Balaban J connectivity index is 1.93. The van der Waals surface area contributed by atoms with Crippen molar-refractivity contribution in [3.8, 4) is 23.0 Å². The van der Waals surface area contributed by atoms with Crippen LogP contribution in [-0.2, 0) is 0 Å². The summed E-state index contributed by atoms with van der Waals surface area (Å²) in [4.78, 5) is 4.50. The van der Waals surface area contributed by atoms with Crippen LogP contribution in [0.1, 0.15) is 12.5 Å². The van der Waals surface area contributed by atoms with Gasteiger partial charge in [-0.15, -0.1) is 0 Å². The Morgan fingerprint density at radius 1 is 1.14 bits per heavy atom. The van der Waals surface area contributed by atoms with E-state index < -0.39 is 0 Å². The first kappa shape index (κ1) is 14.3. The van der Waals surface area contributed by atoms with Gasteiger partial charge in [-0.1, -0.05) is 12.1 Å². The van der Waals surface area contributed by atoms with E-state index in [0.29, 0.717) is 23.9 Å². The molecule has 5 nitrogen and oxygen atoms in total. The van der Waals surface area contributed by atoms with Crippen LogP contribution in [0.25, 0.3) is 0 Å². The van der Waals surface area contributed by atoms with Gasteiger partial charge < -0.3 is 18.9 Å². The molecule has 2 aromatic carbocycles. The molecule has 1 heterocycles. The summed E-state index contributed by atoms with van der Waals surface area (Å²) in [6.45, 7) is 2.77. The van der Waals surface area contributed by atoms with Crippen molar-refractivity contribution < 1.29 is 18.9 Å². The molecule has 0 amide bonds. The van der Waals surface area contributed by atoms with Crippen LogP contribution in [-0.4, -0.2) is 26.7 Å². The number of benzene rings is 2. The van der Waals surface area contributed by atoms with Crippen molar-refractivity contribution in [3.05, 3.63) is 42.0 Å². The van der Waals surface area contributed by atoms with E-state index in [9.17, 15) is 0 Å². The van der Waals surface area contributed by atoms with Crippen molar-refractivity contribution in [2.75, 3.05) is 20.5 Å². The van der Waals surface area contributed by atoms with Gasteiger partial charge in [-0.25, -0.2) is 0 Å². The molecule has 114 valence electrons. The number of rotatable bonds is 5. The Hall–Kier alpha value is -2.69. The van der Waals surface area contributed by atoms with Crippen LogP contribution in [0.2, 0.25) is 0 Å². The van der Waals surface area contributed by atoms with Crippen molar-refractivity contribution in [2.45, 2.75) is 6.92 Å². The molecule has 0 aromatic heterocycles. The highest BCUT2D eigenvalue weighted by Gasteiger charge is 2.17. The Bertz CT molecular complexity index is 697. The second-order valence-corrected chi connectivity index (χ2v) is 4.61. The maximum atomic E-state index is 5.57. The minimum absolute atomic E-state index is 0.228. The first-order valence-electron chi connectivity index (χ1n) is 7.05. The van der Waals surface area contributed by atoms with Crippen molar-refractivity contribution in [1.82, 2.24) is 0 Å². The molecule has 0 saturated carbocycles. The molecule has 2 aromatic rings. The Morgan fingerprint density at radius 2 is 1.91 bits per heavy atom. The van der Waals surface area contributed by atoms with E-state index in [0.717, 1.165) is 17.0 Å². The summed E-state index contributed by atoms with van der Waals surface area (Å²) in [7, 11) is 1.61. The van der Waals surface area contributed by atoms with Crippen LogP contribution in [0.3, 0.4) is 0 Å². The molecule has 0 radical (unpaired) electrons. The van der Waals surface area contributed by atoms with Gasteiger partial charge in [0.2, 0.25) is 6.79 Å². The monoisotopic (exact) mass is 299 g/mol. The molecular weight excluding hydrogens is 282 g/mol. The summed E-state index contributed by atoms with van der Waals surface area (Å²) in [5.74, 6) is 2.81. The summed E-state index contributed by atoms with van der Waals surface area (Å²) in [5.41, 5.74) is 1.59. The van der Waals surface area contributed by atoms with E-state index in [4.69, 9.17) is 18.9 Å². The van der Waals surface area contributed by atoms with Gasteiger partial charge in [0.05, 0.1) is 13.7 Å². The van der Waals surface area contributed by atoms with Gasteiger partial charge in [0.1, 0.15) is 17.2 Å². The van der Waals surface area contributed by atoms with Crippen molar-refractivity contribution in [3.63, 3.8) is 0 Å². The number of methoxy groups -OCH3 is 1. The fourth-order valence-corrected chi connectivity index (χ4v) is 2.20. The van der Waals surface area contributed by atoms with Crippen LogP contribution < -0.4 is 18.9 Å². The third-order valence-corrected chi connectivity index (χ3v) is 3.23. The van der Waals surface area contributed by atoms with Gasteiger partial charge in [-0.05, 0) is 25.1 Å². The molecule has 0 atom stereocenters. The first-order valence-corrected chi connectivity index (χ1v) is 7.05. The zero-order valence-electron chi connectivity index (χ0n) is 12.5. The number of para-hydroxylation sites is 2. The third-order valence-electron chi connectivity index (χ3n) is 3.23. The molecule has 0 fully saturated rings. The van der Waals surface area contributed by atoms with Gasteiger partial charge in [-0.2, -0.15) is 0 Å². The van der Waals surface area contributed by atoms with E-state index in [-0.39, 0.29) is 6.79 Å². The number of fused-ring (bicyclic) bond motifs is 1.